The van der Waals surface area contributed by atoms with E-state index in [9.17, 15) is 24.9 Å². The van der Waals surface area contributed by atoms with Gasteiger partial charge in [-0.2, -0.15) is 11.8 Å². The maximum absolute atomic E-state index is 11.5. The van der Waals surface area contributed by atoms with Crippen LogP contribution in [0.4, 0.5) is 0 Å². The lowest BCUT2D eigenvalue weighted by atomic mass is 9.84. The smallest absolute Gasteiger partial charge is 0.337 e. The molecule has 0 fully saturated rings. The highest BCUT2D eigenvalue weighted by Crippen LogP contribution is 2.25. The third-order valence-corrected chi connectivity index (χ3v) is 6.12. The summed E-state index contributed by atoms with van der Waals surface area (Å²) in [6, 6.07) is 0. The van der Waals surface area contributed by atoms with Crippen LogP contribution in [0, 0.1) is 5.92 Å². The molecule has 0 rings (SSSR count). The van der Waals surface area contributed by atoms with Gasteiger partial charge in [-0.05, 0) is 37.2 Å². The Bertz CT molecular complexity index is 468. The Balaban J connectivity index is 4.02. The van der Waals surface area contributed by atoms with Crippen molar-refractivity contribution in [3.63, 3.8) is 0 Å². The van der Waals surface area contributed by atoms with Gasteiger partial charge in [0.1, 0.15) is 5.92 Å². The Morgan fingerprint density at radius 1 is 1.00 bits per heavy atom. The number of allylic oxidation sites excluding steroid dienone is 1. The number of rotatable bonds is 20. The largest absolute Gasteiger partial charge is 0.481 e. The fraction of sp³-hybridized carbons (Fsp3) is 0.818. The molecule has 0 bridgehead atoms. The first-order valence-corrected chi connectivity index (χ1v) is 12.0. The van der Waals surface area contributed by atoms with Crippen LogP contribution in [0.15, 0.2) is 12.2 Å². The van der Waals surface area contributed by atoms with Gasteiger partial charge < -0.3 is 20.1 Å². The van der Waals surface area contributed by atoms with Gasteiger partial charge in [0.2, 0.25) is 0 Å². The molecule has 0 aromatic heterocycles. The van der Waals surface area contributed by atoms with E-state index in [1.165, 1.54) is 63.2 Å². The summed E-state index contributed by atoms with van der Waals surface area (Å²) in [7, 11) is 1.37. The first kappa shape index (κ1) is 27.9. The Morgan fingerprint density at radius 3 is 2.10 bits per heavy atom. The second-order valence-electron chi connectivity index (χ2n) is 7.45. The van der Waals surface area contributed by atoms with E-state index in [-0.39, 0.29) is 13.0 Å². The molecule has 0 saturated carbocycles. The normalized spacial score (nSPS) is 14.7. The van der Waals surface area contributed by atoms with Crippen molar-refractivity contribution in [1.82, 2.24) is 0 Å². The standard InChI is InChI=1S/C22H40O6S/c1-3-4-5-9-12-17-29-18-13-10-7-6-8-11-14-19(20(23)24)22(27,21(25)26)15-16-28-2/h11,14,19,27H,3-10,12-13,15-18H2,1-2H3,(H,23,24)(H,25,26)/t19-,22+/m1/s1. The van der Waals surface area contributed by atoms with Gasteiger partial charge >= 0.3 is 11.9 Å². The van der Waals surface area contributed by atoms with Crippen molar-refractivity contribution in [3.05, 3.63) is 12.2 Å². The van der Waals surface area contributed by atoms with Crippen LogP contribution < -0.4 is 0 Å². The van der Waals surface area contributed by atoms with E-state index in [1.54, 1.807) is 6.08 Å². The summed E-state index contributed by atoms with van der Waals surface area (Å²) >= 11 is 2.03. The zero-order chi connectivity index (χ0) is 22.0. The summed E-state index contributed by atoms with van der Waals surface area (Å²) in [5.74, 6) is -1.96. The maximum Gasteiger partial charge on any atom is 0.337 e. The van der Waals surface area contributed by atoms with Gasteiger partial charge in [-0.15, -0.1) is 0 Å². The lowest BCUT2D eigenvalue weighted by Crippen LogP contribution is -2.49. The molecular weight excluding hydrogens is 392 g/mol. The fourth-order valence-corrected chi connectivity index (χ4v) is 4.08. The summed E-state index contributed by atoms with van der Waals surface area (Å²) in [5.41, 5.74) is -2.37. The quantitative estimate of drug-likeness (QED) is 0.188. The monoisotopic (exact) mass is 432 g/mol. The molecule has 0 aromatic carbocycles. The number of carboxylic acid groups (broad SMARTS) is 2. The van der Waals surface area contributed by atoms with E-state index >= 15 is 0 Å². The summed E-state index contributed by atoms with van der Waals surface area (Å²) in [4.78, 5) is 22.9. The molecule has 0 saturated heterocycles. The van der Waals surface area contributed by atoms with Gasteiger partial charge in [0, 0.05) is 20.1 Å². The van der Waals surface area contributed by atoms with Gasteiger partial charge in [-0.1, -0.05) is 57.6 Å². The highest BCUT2D eigenvalue weighted by Gasteiger charge is 2.46. The Labute approximate surface area is 180 Å². The molecule has 7 heteroatoms. The van der Waals surface area contributed by atoms with Gasteiger partial charge in [-0.25, -0.2) is 4.79 Å². The van der Waals surface area contributed by atoms with Crippen molar-refractivity contribution in [2.24, 2.45) is 5.92 Å². The van der Waals surface area contributed by atoms with E-state index in [1.807, 2.05) is 11.8 Å². The number of ether oxygens (including phenoxy) is 1. The molecule has 29 heavy (non-hydrogen) atoms. The molecule has 0 amide bonds. The molecule has 0 heterocycles. The average Bonchev–Trinajstić information content (AvgIpc) is 2.68. The minimum absolute atomic E-state index is 0.0306. The van der Waals surface area contributed by atoms with Crippen molar-refractivity contribution < 1.29 is 29.6 Å². The minimum atomic E-state index is -2.37. The number of carboxylic acids is 2. The number of aliphatic carboxylic acids is 2. The number of unbranched alkanes of at least 4 members (excludes halogenated alkanes) is 8. The summed E-state index contributed by atoms with van der Waals surface area (Å²) in [6.45, 7) is 2.20. The number of hydrogen-bond donors (Lipinski definition) is 3. The predicted octanol–water partition coefficient (Wildman–Crippen LogP) is 4.75. The molecule has 2 atom stereocenters. The van der Waals surface area contributed by atoms with E-state index in [0.717, 1.165) is 19.3 Å². The van der Waals surface area contributed by atoms with Crippen molar-refractivity contribution in [2.45, 2.75) is 83.2 Å². The Hall–Kier alpha value is -1.05. The van der Waals surface area contributed by atoms with E-state index in [2.05, 4.69) is 6.92 Å². The minimum Gasteiger partial charge on any atom is -0.481 e. The van der Waals surface area contributed by atoms with E-state index in [0.29, 0.717) is 6.42 Å². The molecule has 0 aliphatic heterocycles. The lowest BCUT2D eigenvalue weighted by Gasteiger charge is -2.27. The first-order valence-electron chi connectivity index (χ1n) is 10.8. The van der Waals surface area contributed by atoms with E-state index < -0.39 is 23.5 Å². The van der Waals surface area contributed by atoms with E-state index in [4.69, 9.17) is 4.74 Å². The van der Waals surface area contributed by atoms with Crippen LogP contribution in [-0.2, 0) is 14.3 Å². The van der Waals surface area contributed by atoms with Gasteiger partial charge in [0.15, 0.2) is 5.60 Å². The average molecular weight is 433 g/mol. The van der Waals surface area contributed by atoms with Crippen LogP contribution in [0.2, 0.25) is 0 Å². The number of thioether (sulfide) groups is 1. The first-order chi connectivity index (χ1) is 13.9. The maximum atomic E-state index is 11.5. The van der Waals surface area contributed by atoms with Gasteiger partial charge in [0.05, 0.1) is 0 Å². The molecule has 0 radical (unpaired) electrons. The second-order valence-corrected chi connectivity index (χ2v) is 8.67. The van der Waals surface area contributed by atoms with Crippen molar-refractivity contribution in [2.75, 3.05) is 25.2 Å². The number of hydrogen-bond acceptors (Lipinski definition) is 5. The zero-order valence-electron chi connectivity index (χ0n) is 18.1. The zero-order valence-corrected chi connectivity index (χ0v) is 18.9. The van der Waals surface area contributed by atoms with Crippen LogP contribution in [0.5, 0.6) is 0 Å². The number of methoxy groups -OCH3 is 1. The third kappa shape index (κ3) is 13.0. The van der Waals surface area contributed by atoms with Crippen LogP contribution in [-0.4, -0.2) is 58.1 Å². The van der Waals surface area contributed by atoms with Crippen molar-refractivity contribution >= 4 is 23.7 Å². The lowest BCUT2D eigenvalue weighted by molar-refractivity contribution is -0.173. The molecule has 0 spiro atoms. The Kier molecular flexibility index (Phi) is 17.1. The number of aliphatic hydroxyl groups is 1. The van der Waals surface area contributed by atoms with Gasteiger partial charge in [-0.3, -0.25) is 4.79 Å². The topological polar surface area (TPSA) is 104 Å². The highest BCUT2D eigenvalue weighted by molar-refractivity contribution is 7.99. The molecule has 0 unspecified atom stereocenters. The van der Waals surface area contributed by atoms with Crippen molar-refractivity contribution in [3.8, 4) is 0 Å². The SMILES string of the molecule is CCCCCCCSCCCCCCC=C[C@H](C(=O)O)[C@@](O)(CCOC)C(=O)O. The molecule has 3 N–H and O–H groups in total. The molecule has 170 valence electrons. The second kappa shape index (κ2) is 17.8. The van der Waals surface area contributed by atoms with Crippen molar-refractivity contribution in [1.29, 1.82) is 0 Å². The van der Waals surface area contributed by atoms with Crippen LogP contribution in [0.25, 0.3) is 0 Å². The molecule has 0 aliphatic carbocycles. The molecular formula is C22H40O6S. The molecule has 0 aromatic rings. The highest BCUT2D eigenvalue weighted by atomic mass is 32.2. The summed E-state index contributed by atoms with van der Waals surface area (Å²) in [5, 5.41) is 29.0. The molecule has 6 nitrogen and oxygen atoms in total. The van der Waals surface area contributed by atoms with Gasteiger partial charge in [0.25, 0.3) is 0 Å². The third-order valence-electron chi connectivity index (χ3n) is 4.97. The fourth-order valence-electron chi connectivity index (χ4n) is 3.06. The Morgan fingerprint density at radius 2 is 1.59 bits per heavy atom. The van der Waals surface area contributed by atoms with Crippen LogP contribution >= 0.6 is 11.8 Å². The predicted molar refractivity (Wildman–Crippen MR) is 119 cm³/mol. The summed E-state index contributed by atoms with van der Waals surface area (Å²) in [6.07, 6.45) is 14.3. The number of carbonyl (C=O) groups is 2. The van der Waals surface area contributed by atoms with Crippen LogP contribution in [0.1, 0.15) is 77.6 Å². The molecule has 0 aliphatic rings. The van der Waals surface area contributed by atoms with Crippen LogP contribution in [0.3, 0.4) is 0 Å². The summed E-state index contributed by atoms with van der Waals surface area (Å²) < 4.78 is 4.80.